The molecule has 0 bridgehead atoms. The highest BCUT2D eigenvalue weighted by Crippen LogP contribution is 2.38. The number of nitrogens with one attached hydrogen (secondary N) is 2. The molecule has 0 fully saturated rings. The molecule has 0 radical (unpaired) electrons. The molecule has 2 aromatic carbocycles. The number of ether oxygens (including phenoxy) is 2. The Labute approximate surface area is 179 Å². The zero-order valence-electron chi connectivity index (χ0n) is 18.5. The van der Waals surface area contributed by atoms with Gasteiger partial charge in [-0.25, -0.2) is 4.79 Å². The van der Waals surface area contributed by atoms with Gasteiger partial charge in [0.05, 0.1) is 20.3 Å². The van der Waals surface area contributed by atoms with Crippen LogP contribution in [0.15, 0.2) is 36.4 Å². The van der Waals surface area contributed by atoms with Gasteiger partial charge in [-0.05, 0) is 54.2 Å². The van der Waals surface area contributed by atoms with Crippen LogP contribution in [0, 0.1) is 6.92 Å². The predicted molar refractivity (Wildman–Crippen MR) is 119 cm³/mol. The fraction of sp³-hybridized carbons (Fsp3) is 0.458. The Bertz CT molecular complexity index is 869. The van der Waals surface area contributed by atoms with E-state index in [0.29, 0.717) is 13.1 Å². The molecule has 0 saturated heterocycles. The minimum Gasteiger partial charge on any atom is -0.493 e. The van der Waals surface area contributed by atoms with Crippen molar-refractivity contribution < 1.29 is 14.3 Å². The van der Waals surface area contributed by atoms with Crippen LogP contribution < -0.4 is 20.1 Å². The number of methoxy groups -OCH3 is 2. The molecule has 2 aromatic rings. The lowest BCUT2D eigenvalue weighted by molar-refractivity contribution is 0.170. The fourth-order valence-corrected chi connectivity index (χ4v) is 4.01. The van der Waals surface area contributed by atoms with Crippen molar-refractivity contribution in [2.24, 2.45) is 0 Å². The maximum absolute atomic E-state index is 12.2. The summed E-state index contributed by atoms with van der Waals surface area (Å²) in [6.45, 7) is 7.14. The summed E-state index contributed by atoms with van der Waals surface area (Å²) in [6, 6.07) is 12.5. The molecule has 6 heteroatoms. The van der Waals surface area contributed by atoms with E-state index in [1.807, 2.05) is 6.92 Å². The summed E-state index contributed by atoms with van der Waals surface area (Å²) >= 11 is 0. The molecule has 30 heavy (non-hydrogen) atoms. The number of urea groups is 1. The van der Waals surface area contributed by atoms with E-state index in [1.165, 1.54) is 22.3 Å². The largest absolute Gasteiger partial charge is 0.493 e. The van der Waals surface area contributed by atoms with Crippen molar-refractivity contribution in [2.75, 3.05) is 33.9 Å². The Kier molecular flexibility index (Phi) is 7.57. The van der Waals surface area contributed by atoms with Gasteiger partial charge in [0.2, 0.25) is 0 Å². The van der Waals surface area contributed by atoms with Crippen LogP contribution in [0.3, 0.4) is 0 Å². The van der Waals surface area contributed by atoms with Gasteiger partial charge < -0.3 is 20.1 Å². The Morgan fingerprint density at radius 2 is 1.87 bits per heavy atom. The van der Waals surface area contributed by atoms with Gasteiger partial charge in [0, 0.05) is 26.2 Å². The number of nitrogens with zero attached hydrogens (tertiary/aromatic N) is 1. The van der Waals surface area contributed by atoms with Crippen molar-refractivity contribution in [2.45, 2.75) is 39.3 Å². The molecule has 0 unspecified atom stereocenters. The third kappa shape index (κ3) is 5.05. The number of fused-ring (bicyclic) bond motifs is 1. The van der Waals surface area contributed by atoms with Crippen LogP contribution in [0.5, 0.6) is 11.5 Å². The maximum Gasteiger partial charge on any atom is 0.314 e. The average Bonchev–Trinajstić information content (AvgIpc) is 2.77. The molecule has 1 aliphatic rings. The Morgan fingerprint density at radius 3 is 2.57 bits per heavy atom. The summed E-state index contributed by atoms with van der Waals surface area (Å²) in [5.41, 5.74) is 5.02. The molecular formula is C24H33N3O3. The number of benzene rings is 2. The first kappa shape index (κ1) is 22.0. The highest BCUT2D eigenvalue weighted by molar-refractivity contribution is 5.73. The third-order valence-corrected chi connectivity index (χ3v) is 5.74. The summed E-state index contributed by atoms with van der Waals surface area (Å²) in [7, 11) is 3.32. The normalized spacial score (nSPS) is 15.9. The highest BCUT2D eigenvalue weighted by Gasteiger charge is 2.29. The third-order valence-electron chi connectivity index (χ3n) is 5.74. The smallest absolute Gasteiger partial charge is 0.314 e. The van der Waals surface area contributed by atoms with Gasteiger partial charge in [-0.1, -0.05) is 31.2 Å². The number of carbonyl (C=O) groups excluding carboxylic acids is 1. The van der Waals surface area contributed by atoms with Gasteiger partial charge in [0.25, 0.3) is 0 Å². The van der Waals surface area contributed by atoms with Crippen molar-refractivity contribution in [3.05, 3.63) is 58.7 Å². The van der Waals surface area contributed by atoms with Crippen molar-refractivity contribution in [1.82, 2.24) is 15.5 Å². The molecule has 0 saturated carbocycles. The predicted octanol–water partition coefficient (Wildman–Crippen LogP) is 3.82. The van der Waals surface area contributed by atoms with Gasteiger partial charge in [-0.2, -0.15) is 0 Å². The zero-order valence-corrected chi connectivity index (χ0v) is 18.5. The van der Waals surface area contributed by atoms with Crippen molar-refractivity contribution in [1.29, 1.82) is 0 Å². The number of carbonyl (C=O) groups is 1. The topological polar surface area (TPSA) is 62.8 Å². The number of amides is 2. The van der Waals surface area contributed by atoms with E-state index in [0.717, 1.165) is 37.4 Å². The SMILES string of the molecule is CCCNC(=O)NC[C@H]1c2cc(OC)c(OC)cc2CCN1Cc1ccccc1C. The molecule has 1 atom stereocenters. The first-order chi connectivity index (χ1) is 14.6. The Balaban J connectivity index is 1.89. The molecule has 2 N–H and O–H groups in total. The van der Waals surface area contributed by atoms with Crippen LogP contribution in [0.25, 0.3) is 0 Å². The molecule has 2 amide bonds. The molecule has 0 spiro atoms. The number of rotatable bonds is 8. The van der Waals surface area contributed by atoms with E-state index in [4.69, 9.17) is 9.47 Å². The molecule has 3 rings (SSSR count). The molecule has 1 heterocycles. The summed E-state index contributed by atoms with van der Waals surface area (Å²) < 4.78 is 11.1. The minimum atomic E-state index is -0.125. The quantitative estimate of drug-likeness (QED) is 0.693. The molecule has 0 aromatic heterocycles. The van der Waals surface area contributed by atoms with Gasteiger partial charge in [-0.15, -0.1) is 0 Å². The van der Waals surface area contributed by atoms with Crippen LogP contribution in [0.2, 0.25) is 0 Å². The van der Waals surface area contributed by atoms with Gasteiger partial charge in [0.1, 0.15) is 0 Å². The highest BCUT2D eigenvalue weighted by atomic mass is 16.5. The van der Waals surface area contributed by atoms with Gasteiger partial charge in [-0.3, -0.25) is 4.90 Å². The summed E-state index contributed by atoms with van der Waals surface area (Å²) in [5, 5.41) is 5.96. The van der Waals surface area contributed by atoms with E-state index < -0.39 is 0 Å². The Morgan fingerprint density at radius 1 is 1.13 bits per heavy atom. The van der Waals surface area contributed by atoms with Crippen LogP contribution in [-0.2, 0) is 13.0 Å². The fourth-order valence-electron chi connectivity index (χ4n) is 4.01. The summed E-state index contributed by atoms with van der Waals surface area (Å²) in [6.07, 6.45) is 1.84. The van der Waals surface area contributed by atoms with E-state index >= 15 is 0 Å². The summed E-state index contributed by atoms with van der Waals surface area (Å²) in [5.74, 6) is 1.46. The van der Waals surface area contributed by atoms with Crippen LogP contribution >= 0.6 is 0 Å². The second-order valence-corrected chi connectivity index (χ2v) is 7.71. The lowest BCUT2D eigenvalue weighted by Gasteiger charge is -2.38. The van der Waals surface area contributed by atoms with Crippen molar-refractivity contribution in [3.63, 3.8) is 0 Å². The molecule has 0 aliphatic carbocycles. The maximum atomic E-state index is 12.2. The lowest BCUT2D eigenvalue weighted by Crippen LogP contribution is -2.44. The monoisotopic (exact) mass is 411 g/mol. The lowest BCUT2D eigenvalue weighted by atomic mass is 9.91. The van der Waals surface area contributed by atoms with Gasteiger partial charge >= 0.3 is 6.03 Å². The number of hydrogen-bond donors (Lipinski definition) is 2. The van der Waals surface area contributed by atoms with Crippen molar-refractivity contribution >= 4 is 6.03 Å². The van der Waals surface area contributed by atoms with Gasteiger partial charge in [0.15, 0.2) is 11.5 Å². The van der Waals surface area contributed by atoms with Crippen molar-refractivity contribution in [3.8, 4) is 11.5 Å². The van der Waals surface area contributed by atoms with E-state index in [1.54, 1.807) is 14.2 Å². The molecule has 1 aliphatic heterocycles. The molecule has 162 valence electrons. The van der Waals surface area contributed by atoms with E-state index in [9.17, 15) is 4.79 Å². The summed E-state index contributed by atoms with van der Waals surface area (Å²) in [4.78, 5) is 14.7. The second-order valence-electron chi connectivity index (χ2n) is 7.71. The zero-order chi connectivity index (χ0) is 21.5. The van der Waals surface area contributed by atoms with E-state index in [-0.39, 0.29) is 12.1 Å². The second kappa shape index (κ2) is 10.3. The first-order valence-electron chi connectivity index (χ1n) is 10.6. The first-order valence-corrected chi connectivity index (χ1v) is 10.6. The number of aryl methyl sites for hydroxylation is 1. The number of hydrogen-bond acceptors (Lipinski definition) is 4. The molecule has 6 nitrogen and oxygen atoms in total. The molecular weight excluding hydrogens is 378 g/mol. The van der Waals surface area contributed by atoms with E-state index in [2.05, 4.69) is 58.9 Å². The minimum absolute atomic E-state index is 0.0561. The van der Waals surface area contributed by atoms with Crippen LogP contribution in [0.1, 0.15) is 41.6 Å². The Hall–Kier alpha value is -2.73. The average molecular weight is 412 g/mol. The van der Waals surface area contributed by atoms with Crippen LogP contribution in [-0.4, -0.2) is 44.8 Å². The van der Waals surface area contributed by atoms with Crippen LogP contribution in [0.4, 0.5) is 4.79 Å². The standard InChI is InChI=1S/C24H33N3O3/c1-5-11-25-24(28)26-15-21-20-14-23(30-4)22(29-3)13-18(20)10-12-27(21)16-19-9-7-6-8-17(19)2/h6-9,13-14,21H,5,10-12,15-16H2,1-4H3,(H2,25,26,28)/t21-/m0/s1.